The van der Waals surface area contributed by atoms with Gasteiger partial charge in [0, 0.05) is 18.5 Å². The zero-order valence-electron chi connectivity index (χ0n) is 17.5. The van der Waals surface area contributed by atoms with E-state index in [-0.39, 0.29) is 5.92 Å². The molecule has 2 saturated heterocycles. The number of hydrogen-bond donors (Lipinski definition) is 0. The molecule has 0 aromatic carbocycles. The number of aldehydes is 1. The second-order valence-corrected chi connectivity index (χ2v) is 7.00. The van der Waals surface area contributed by atoms with Crippen LogP contribution in [0.1, 0.15) is 74.7 Å². The van der Waals surface area contributed by atoms with Crippen LogP contribution in [0.25, 0.3) is 0 Å². The van der Waals surface area contributed by atoms with Crippen molar-refractivity contribution in [1.82, 2.24) is 9.80 Å². The van der Waals surface area contributed by atoms with Crippen molar-refractivity contribution in [3.05, 3.63) is 0 Å². The summed E-state index contributed by atoms with van der Waals surface area (Å²) in [6.07, 6.45) is 5.21. The van der Waals surface area contributed by atoms with Crippen molar-refractivity contribution in [2.45, 2.75) is 80.7 Å². The minimum absolute atomic E-state index is 0.204. The molecule has 0 radical (unpaired) electrons. The standard InChI is InChI=1S/C12H24N2.C4H8O.2C2H6/c1-11(2)14-8-5-12(6-9-14)4-7-13(3)10-12;1-4(2)3-5;2*1-2/h11H,4-10H2,1-3H3;3-4H,1-2H3;2*1-2H3. The molecule has 0 N–H and O–H groups in total. The molecule has 0 unspecified atom stereocenters. The van der Waals surface area contributed by atoms with Crippen molar-refractivity contribution in [1.29, 1.82) is 0 Å². The van der Waals surface area contributed by atoms with Crippen LogP contribution in [0.3, 0.4) is 0 Å². The van der Waals surface area contributed by atoms with Gasteiger partial charge in [0.15, 0.2) is 0 Å². The fraction of sp³-hybridized carbons (Fsp3) is 0.950. The molecule has 0 aromatic rings. The van der Waals surface area contributed by atoms with Crippen LogP contribution in [0.15, 0.2) is 0 Å². The smallest absolute Gasteiger partial charge is 0.122 e. The van der Waals surface area contributed by atoms with E-state index in [0.717, 1.165) is 12.3 Å². The van der Waals surface area contributed by atoms with Crippen LogP contribution in [-0.4, -0.2) is 55.4 Å². The predicted octanol–water partition coefficient (Wildman–Crippen LogP) is 4.71. The summed E-state index contributed by atoms with van der Waals surface area (Å²) in [5.41, 5.74) is 0.695. The molecule has 23 heavy (non-hydrogen) atoms. The Kier molecular flexibility index (Phi) is 15.1. The van der Waals surface area contributed by atoms with Crippen molar-refractivity contribution in [2.24, 2.45) is 11.3 Å². The number of carbonyl (C=O) groups excluding carboxylic acids is 1. The zero-order valence-corrected chi connectivity index (χ0v) is 17.5. The number of hydrogen-bond acceptors (Lipinski definition) is 3. The van der Waals surface area contributed by atoms with Crippen LogP contribution >= 0.6 is 0 Å². The molecule has 3 nitrogen and oxygen atoms in total. The maximum absolute atomic E-state index is 9.50. The lowest BCUT2D eigenvalue weighted by molar-refractivity contribution is -0.110. The average Bonchev–Trinajstić information content (AvgIpc) is 2.92. The Morgan fingerprint density at radius 3 is 1.52 bits per heavy atom. The van der Waals surface area contributed by atoms with Gasteiger partial charge in [0.25, 0.3) is 0 Å². The Morgan fingerprint density at radius 2 is 1.26 bits per heavy atom. The van der Waals surface area contributed by atoms with E-state index in [1.54, 1.807) is 0 Å². The maximum atomic E-state index is 9.50. The summed E-state index contributed by atoms with van der Waals surface area (Å²) in [6, 6.07) is 0.742. The molecule has 140 valence electrons. The second-order valence-electron chi connectivity index (χ2n) is 7.00. The molecule has 3 heteroatoms. The number of nitrogens with zero attached hydrogens (tertiary/aromatic N) is 2. The molecule has 0 aromatic heterocycles. The molecule has 2 rings (SSSR count). The van der Waals surface area contributed by atoms with E-state index in [0.29, 0.717) is 5.41 Å². The first-order valence-corrected chi connectivity index (χ1v) is 9.76. The number of rotatable bonds is 2. The number of carbonyl (C=O) groups is 1. The molecular formula is C20H44N2O. The molecule has 0 aliphatic carbocycles. The van der Waals surface area contributed by atoms with Gasteiger partial charge in [0.1, 0.15) is 6.29 Å². The molecule has 0 saturated carbocycles. The number of likely N-dealkylation sites (tertiary alicyclic amines) is 2. The lowest BCUT2D eigenvalue weighted by Gasteiger charge is -2.41. The first kappa shape index (κ1) is 24.8. The first-order chi connectivity index (χ1) is 10.9. The molecule has 0 bridgehead atoms. The molecule has 2 heterocycles. The molecular weight excluding hydrogens is 284 g/mol. The number of piperidine rings is 1. The third kappa shape index (κ3) is 10.1. The van der Waals surface area contributed by atoms with Gasteiger partial charge in [-0.1, -0.05) is 41.5 Å². The largest absolute Gasteiger partial charge is 0.306 e. The molecule has 2 aliphatic heterocycles. The Bertz CT molecular complexity index is 269. The van der Waals surface area contributed by atoms with Gasteiger partial charge in [-0.3, -0.25) is 0 Å². The van der Waals surface area contributed by atoms with E-state index >= 15 is 0 Å². The van der Waals surface area contributed by atoms with Gasteiger partial charge in [-0.05, 0) is 65.2 Å². The maximum Gasteiger partial charge on any atom is 0.122 e. The Balaban J connectivity index is 0. The summed E-state index contributed by atoms with van der Waals surface area (Å²) in [5, 5.41) is 0. The van der Waals surface area contributed by atoms with Gasteiger partial charge in [-0.25, -0.2) is 0 Å². The van der Waals surface area contributed by atoms with Crippen LogP contribution in [0.5, 0.6) is 0 Å². The highest BCUT2D eigenvalue weighted by Crippen LogP contribution is 2.39. The van der Waals surface area contributed by atoms with Gasteiger partial charge in [-0.2, -0.15) is 0 Å². The van der Waals surface area contributed by atoms with Crippen molar-refractivity contribution in [3.8, 4) is 0 Å². The Labute approximate surface area is 146 Å². The average molecular weight is 329 g/mol. The Hall–Kier alpha value is -0.410. The fourth-order valence-corrected chi connectivity index (χ4v) is 3.08. The topological polar surface area (TPSA) is 23.6 Å². The highest BCUT2D eigenvalue weighted by Gasteiger charge is 2.39. The van der Waals surface area contributed by atoms with Gasteiger partial charge < -0.3 is 14.6 Å². The normalized spacial score (nSPS) is 20.1. The highest BCUT2D eigenvalue weighted by molar-refractivity contribution is 5.51. The van der Waals surface area contributed by atoms with Crippen molar-refractivity contribution < 1.29 is 4.79 Å². The van der Waals surface area contributed by atoms with Crippen molar-refractivity contribution in [3.63, 3.8) is 0 Å². The summed E-state index contributed by atoms with van der Waals surface area (Å²) in [5.74, 6) is 0.204. The molecule has 2 fully saturated rings. The summed E-state index contributed by atoms with van der Waals surface area (Å²) in [4.78, 5) is 14.6. The SMILES string of the molecule is CC.CC.CC(C)C=O.CC(C)N1CCC2(CCN(C)C2)CC1. The van der Waals surface area contributed by atoms with Crippen LogP contribution in [-0.2, 0) is 4.79 Å². The van der Waals surface area contributed by atoms with Crippen LogP contribution in [0.4, 0.5) is 0 Å². The fourth-order valence-electron chi connectivity index (χ4n) is 3.08. The van der Waals surface area contributed by atoms with E-state index in [4.69, 9.17) is 0 Å². The van der Waals surface area contributed by atoms with Crippen molar-refractivity contribution in [2.75, 3.05) is 33.2 Å². The lowest BCUT2D eigenvalue weighted by Crippen LogP contribution is -2.44. The summed E-state index contributed by atoms with van der Waals surface area (Å²) in [7, 11) is 2.27. The van der Waals surface area contributed by atoms with E-state index in [9.17, 15) is 4.79 Å². The summed E-state index contributed by atoms with van der Waals surface area (Å²) < 4.78 is 0. The minimum atomic E-state index is 0.204. The van der Waals surface area contributed by atoms with Crippen LogP contribution < -0.4 is 0 Å². The Morgan fingerprint density at radius 1 is 0.870 bits per heavy atom. The summed E-state index contributed by atoms with van der Waals surface area (Å²) >= 11 is 0. The highest BCUT2D eigenvalue weighted by atomic mass is 16.1. The quantitative estimate of drug-likeness (QED) is 0.686. The molecule has 0 amide bonds. The van der Waals surface area contributed by atoms with E-state index in [2.05, 4.69) is 30.7 Å². The van der Waals surface area contributed by atoms with Crippen molar-refractivity contribution >= 4 is 6.29 Å². The lowest BCUT2D eigenvalue weighted by atomic mass is 9.77. The predicted molar refractivity (Wildman–Crippen MR) is 104 cm³/mol. The summed E-state index contributed by atoms with van der Waals surface area (Å²) in [6.45, 7) is 21.7. The van der Waals surface area contributed by atoms with Crippen LogP contribution in [0.2, 0.25) is 0 Å². The van der Waals surface area contributed by atoms with E-state index < -0.39 is 0 Å². The first-order valence-electron chi connectivity index (χ1n) is 9.76. The van der Waals surface area contributed by atoms with Crippen LogP contribution in [0, 0.1) is 11.3 Å². The van der Waals surface area contributed by atoms with Gasteiger partial charge in [0.05, 0.1) is 0 Å². The third-order valence-electron chi connectivity index (χ3n) is 4.49. The van der Waals surface area contributed by atoms with Gasteiger partial charge in [-0.15, -0.1) is 0 Å². The molecule has 0 atom stereocenters. The second kappa shape index (κ2) is 14.0. The molecule has 2 aliphatic rings. The monoisotopic (exact) mass is 328 g/mol. The third-order valence-corrected chi connectivity index (χ3v) is 4.49. The minimum Gasteiger partial charge on any atom is -0.306 e. The molecule has 1 spiro atoms. The van der Waals surface area contributed by atoms with Gasteiger partial charge >= 0.3 is 0 Å². The van der Waals surface area contributed by atoms with E-state index in [1.165, 1.54) is 45.4 Å². The van der Waals surface area contributed by atoms with Gasteiger partial charge in [0.2, 0.25) is 0 Å². The van der Waals surface area contributed by atoms with E-state index in [1.807, 2.05) is 41.5 Å². The zero-order chi connectivity index (χ0) is 18.5.